The Morgan fingerprint density at radius 2 is 2.12 bits per heavy atom. The van der Waals surface area contributed by atoms with E-state index in [-0.39, 0.29) is 5.41 Å². The molecular formula is C12H18N2O2S. The van der Waals surface area contributed by atoms with Crippen LogP contribution in [-0.2, 0) is 16.6 Å². The lowest BCUT2D eigenvalue weighted by Crippen LogP contribution is -2.29. The van der Waals surface area contributed by atoms with Gasteiger partial charge in [0, 0.05) is 13.1 Å². The molecule has 0 unspecified atom stereocenters. The van der Waals surface area contributed by atoms with Crippen molar-refractivity contribution in [2.24, 2.45) is 11.1 Å². The smallest absolute Gasteiger partial charge is 0.240 e. The van der Waals surface area contributed by atoms with Gasteiger partial charge in [-0.15, -0.1) is 0 Å². The zero-order valence-corrected chi connectivity index (χ0v) is 10.8. The van der Waals surface area contributed by atoms with Crippen LogP contribution in [0.25, 0.3) is 0 Å². The molecule has 5 heteroatoms. The van der Waals surface area contributed by atoms with Crippen LogP contribution in [0.2, 0.25) is 0 Å². The molecule has 1 saturated carbocycles. The van der Waals surface area contributed by atoms with E-state index in [0.29, 0.717) is 18.0 Å². The number of rotatable bonds is 5. The van der Waals surface area contributed by atoms with Crippen LogP contribution >= 0.6 is 0 Å². The molecule has 0 aliphatic heterocycles. The molecule has 0 atom stereocenters. The molecule has 0 radical (unpaired) electrons. The molecule has 3 N–H and O–H groups in total. The van der Waals surface area contributed by atoms with Crippen molar-refractivity contribution in [2.75, 3.05) is 6.54 Å². The Balaban J connectivity index is 2.13. The van der Waals surface area contributed by atoms with Gasteiger partial charge in [-0.1, -0.05) is 19.1 Å². The maximum Gasteiger partial charge on any atom is 0.240 e. The Morgan fingerprint density at radius 3 is 2.71 bits per heavy atom. The maximum atomic E-state index is 12.0. The summed E-state index contributed by atoms with van der Waals surface area (Å²) in [6, 6.07) is 6.76. The molecule has 0 saturated heterocycles. The van der Waals surface area contributed by atoms with Crippen LogP contribution in [0.5, 0.6) is 0 Å². The van der Waals surface area contributed by atoms with Crippen LogP contribution < -0.4 is 10.5 Å². The van der Waals surface area contributed by atoms with Crippen LogP contribution in [0.4, 0.5) is 0 Å². The molecule has 0 aromatic heterocycles. The summed E-state index contributed by atoms with van der Waals surface area (Å²) in [6.07, 6.45) is 2.19. The number of hydrogen-bond donors (Lipinski definition) is 2. The van der Waals surface area contributed by atoms with Gasteiger partial charge in [0.1, 0.15) is 0 Å². The Hall–Kier alpha value is -0.910. The minimum Gasteiger partial charge on any atom is -0.326 e. The molecule has 0 spiro atoms. The zero-order chi connectivity index (χ0) is 12.5. The van der Waals surface area contributed by atoms with E-state index in [2.05, 4.69) is 11.6 Å². The van der Waals surface area contributed by atoms with E-state index in [4.69, 9.17) is 5.73 Å². The largest absolute Gasteiger partial charge is 0.326 e. The van der Waals surface area contributed by atoms with Crippen LogP contribution in [0, 0.1) is 5.41 Å². The fourth-order valence-corrected chi connectivity index (χ4v) is 2.85. The first-order chi connectivity index (χ1) is 7.95. The SMILES string of the molecule is CC1(CNS(=O)(=O)c2cccc(CN)c2)CC1. The van der Waals surface area contributed by atoms with Gasteiger partial charge in [-0.05, 0) is 36.0 Å². The van der Waals surface area contributed by atoms with Crippen LogP contribution in [0.15, 0.2) is 29.2 Å². The van der Waals surface area contributed by atoms with E-state index >= 15 is 0 Å². The Bertz CT molecular complexity index is 507. The lowest BCUT2D eigenvalue weighted by atomic mass is 10.2. The summed E-state index contributed by atoms with van der Waals surface area (Å²) >= 11 is 0. The number of benzene rings is 1. The molecule has 0 amide bonds. The van der Waals surface area contributed by atoms with Crippen molar-refractivity contribution < 1.29 is 8.42 Å². The van der Waals surface area contributed by atoms with Gasteiger partial charge >= 0.3 is 0 Å². The second kappa shape index (κ2) is 4.40. The third-order valence-corrected chi connectivity index (χ3v) is 4.64. The maximum absolute atomic E-state index is 12.0. The van der Waals surface area contributed by atoms with Crippen molar-refractivity contribution in [3.8, 4) is 0 Å². The van der Waals surface area contributed by atoms with Crippen molar-refractivity contribution in [3.63, 3.8) is 0 Å². The third-order valence-electron chi connectivity index (χ3n) is 3.24. The van der Waals surface area contributed by atoms with Crippen molar-refractivity contribution in [2.45, 2.75) is 31.2 Å². The summed E-state index contributed by atoms with van der Waals surface area (Å²) in [5.41, 5.74) is 6.49. The minimum atomic E-state index is -3.39. The van der Waals surface area contributed by atoms with E-state index in [1.54, 1.807) is 18.2 Å². The van der Waals surface area contributed by atoms with Gasteiger partial charge < -0.3 is 5.73 Å². The highest BCUT2D eigenvalue weighted by molar-refractivity contribution is 7.89. The Kier molecular flexibility index (Phi) is 3.25. The van der Waals surface area contributed by atoms with E-state index in [9.17, 15) is 8.42 Å². The fourth-order valence-electron chi connectivity index (χ4n) is 1.58. The predicted octanol–water partition coefficient (Wildman–Crippen LogP) is 1.22. The molecule has 17 heavy (non-hydrogen) atoms. The molecule has 1 aromatic rings. The van der Waals surface area contributed by atoms with Gasteiger partial charge in [-0.2, -0.15) is 0 Å². The van der Waals surface area contributed by atoms with Crippen molar-refractivity contribution in [3.05, 3.63) is 29.8 Å². The van der Waals surface area contributed by atoms with Gasteiger partial charge in [0.25, 0.3) is 0 Å². The quantitative estimate of drug-likeness (QED) is 0.830. The number of hydrogen-bond acceptors (Lipinski definition) is 3. The highest BCUT2D eigenvalue weighted by Gasteiger charge is 2.38. The first-order valence-electron chi connectivity index (χ1n) is 5.74. The average Bonchev–Trinajstić information content (AvgIpc) is 3.06. The first-order valence-corrected chi connectivity index (χ1v) is 7.22. The molecule has 1 aliphatic rings. The lowest BCUT2D eigenvalue weighted by Gasteiger charge is -2.11. The van der Waals surface area contributed by atoms with Crippen molar-refractivity contribution in [1.29, 1.82) is 0 Å². The second-order valence-corrected chi connectivity index (χ2v) is 6.75. The molecule has 1 fully saturated rings. The third kappa shape index (κ3) is 3.06. The predicted molar refractivity (Wildman–Crippen MR) is 66.9 cm³/mol. The zero-order valence-electron chi connectivity index (χ0n) is 9.94. The summed E-state index contributed by atoms with van der Waals surface area (Å²) in [7, 11) is -3.39. The topological polar surface area (TPSA) is 72.2 Å². The van der Waals surface area contributed by atoms with E-state index in [1.807, 2.05) is 6.07 Å². The molecule has 94 valence electrons. The number of sulfonamides is 1. The molecular weight excluding hydrogens is 236 g/mol. The number of nitrogens with two attached hydrogens (primary N) is 1. The Morgan fingerprint density at radius 1 is 1.41 bits per heavy atom. The van der Waals surface area contributed by atoms with Crippen LogP contribution in [0.1, 0.15) is 25.3 Å². The highest BCUT2D eigenvalue weighted by Crippen LogP contribution is 2.44. The molecule has 2 rings (SSSR count). The molecule has 1 aliphatic carbocycles. The number of nitrogens with one attached hydrogen (secondary N) is 1. The summed E-state index contributed by atoms with van der Waals surface area (Å²) in [6.45, 7) is 2.95. The first kappa shape index (κ1) is 12.5. The van der Waals surface area contributed by atoms with Gasteiger partial charge in [-0.3, -0.25) is 0 Å². The Labute approximate surface area is 102 Å². The summed E-state index contributed by atoms with van der Waals surface area (Å²) in [4.78, 5) is 0.296. The average molecular weight is 254 g/mol. The molecule has 0 bridgehead atoms. The van der Waals surface area contributed by atoms with E-state index in [0.717, 1.165) is 18.4 Å². The monoisotopic (exact) mass is 254 g/mol. The minimum absolute atomic E-state index is 0.165. The fraction of sp³-hybridized carbons (Fsp3) is 0.500. The summed E-state index contributed by atoms with van der Waals surface area (Å²) in [5, 5.41) is 0. The standard InChI is InChI=1S/C12H18N2O2S/c1-12(5-6-12)9-14-17(15,16)11-4-2-3-10(7-11)8-13/h2-4,7,14H,5-6,8-9,13H2,1H3. The molecule has 0 heterocycles. The molecule has 1 aromatic carbocycles. The van der Waals surface area contributed by atoms with Gasteiger partial charge in [-0.25, -0.2) is 13.1 Å². The van der Waals surface area contributed by atoms with Gasteiger partial charge in [0.05, 0.1) is 4.90 Å². The van der Waals surface area contributed by atoms with E-state index < -0.39 is 10.0 Å². The lowest BCUT2D eigenvalue weighted by molar-refractivity contribution is 0.530. The highest BCUT2D eigenvalue weighted by atomic mass is 32.2. The van der Waals surface area contributed by atoms with Gasteiger partial charge in [0.15, 0.2) is 0 Å². The van der Waals surface area contributed by atoms with E-state index in [1.165, 1.54) is 0 Å². The van der Waals surface area contributed by atoms with Crippen LogP contribution in [0.3, 0.4) is 0 Å². The van der Waals surface area contributed by atoms with Crippen LogP contribution in [-0.4, -0.2) is 15.0 Å². The molecule has 4 nitrogen and oxygen atoms in total. The summed E-state index contributed by atoms with van der Waals surface area (Å²) < 4.78 is 26.7. The summed E-state index contributed by atoms with van der Waals surface area (Å²) in [5.74, 6) is 0. The van der Waals surface area contributed by atoms with Crippen molar-refractivity contribution >= 4 is 10.0 Å². The second-order valence-electron chi connectivity index (χ2n) is 4.99. The normalized spacial score (nSPS) is 18.0. The van der Waals surface area contributed by atoms with Gasteiger partial charge in [0.2, 0.25) is 10.0 Å². The van der Waals surface area contributed by atoms with Crippen molar-refractivity contribution in [1.82, 2.24) is 4.72 Å².